The van der Waals surface area contributed by atoms with Crippen LogP contribution in [0.2, 0.25) is 0 Å². The normalized spacial score (nSPS) is 15.5. The molecule has 11 heteroatoms. The molecule has 4 heterocycles. The molecule has 2 fully saturated rings. The third kappa shape index (κ3) is 8.06. The zero-order chi connectivity index (χ0) is 28.0. The molecule has 0 radical (unpaired) electrons. The highest BCUT2D eigenvalue weighted by Gasteiger charge is 2.20. The van der Waals surface area contributed by atoms with Crippen molar-refractivity contribution in [3.05, 3.63) is 54.2 Å². The summed E-state index contributed by atoms with van der Waals surface area (Å²) in [5, 5.41) is 3.07. The third-order valence-corrected chi connectivity index (χ3v) is 6.42. The van der Waals surface area contributed by atoms with Crippen LogP contribution in [0.25, 0.3) is 22.4 Å². The van der Waals surface area contributed by atoms with E-state index < -0.39 is 6.18 Å². The Morgan fingerprint density at radius 3 is 2.36 bits per heavy atom. The van der Waals surface area contributed by atoms with Gasteiger partial charge >= 0.3 is 12.2 Å². The summed E-state index contributed by atoms with van der Waals surface area (Å²) >= 11 is 0. The summed E-state index contributed by atoms with van der Waals surface area (Å²) < 4.78 is 36.6. The van der Waals surface area contributed by atoms with Gasteiger partial charge in [0.1, 0.15) is 11.6 Å². The molecule has 8 nitrogen and oxygen atoms in total. The maximum absolute atomic E-state index is 12.6. The summed E-state index contributed by atoms with van der Waals surface area (Å²) in [7, 11) is 0. The van der Waals surface area contributed by atoms with Gasteiger partial charge in [0, 0.05) is 50.6 Å². The number of carbonyl (C=O) groups excluding carboxylic acids is 1. The van der Waals surface area contributed by atoms with Crippen molar-refractivity contribution in [2.75, 3.05) is 55.3 Å². The fraction of sp³-hybridized carbons (Fsp3) is 0.393. The van der Waals surface area contributed by atoms with Crippen LogP contribution in [-0.2, 0) is 4.74 Å². The summed E-state index contributed by atoms with van der Waals surface area (Å²) in [5.41, 5.74) is 11.7. The topological polar surface area (TPSA) is 96.6 Å². The fourth-order valence-corrected chi connectivity index (χ4v) is 4.52. The number of urea groups is 1. The van der Waals surface area contributed by atoms with E-state index in [0.717, 1.165) is 78.5 Å². The van der Waals surface area contributed by atoms with Gasteiger partial charge in [-0.1, -0.05) is 6.07 Å². The number of benzene rings is 1. The second kappa shape index (κ2) is 12.3. The minimum Gasteiger partial charge on any atom is -0.384 e. The molecule has 0 atom stereocenters. The van der Waals surface area contributed by atoms with Gasteiger partial charge in [-0.2, -0.15) is 13.2 Å². The fourth-order valence-electron chi connectivity index (χ4n) is 4.52. The number of nitrogens with zero attached hydrogens (tertiary/aromatic N) is 4. The van der Waals surface area contributed by atoms with Crippen LogP contribution < -0.4 is 16.0 Å². The minimum atomic E-state index is -4.00. The Morgan fingerprint density at radius 1 is 1.00 bits per heavy atom. The number of amides is 2. The molecule has 0 unspecified atom stereocenters. The van der Waals surface area contributed by atoms with Crippen LogP contribution in [0.15, 0.2) is 48.7 Å². The molecule has 0 saturated carbocycles. The predicted octanol–water partition coefficient (Wildman–Crippen LogP) is 5.73. The second-order valence-electron chi connectivity index (χ2n) is 9.60. The molecule has 2 aromatic heterocycles. The molecule has 2 saturated heterocycles. The zero-order valence-corrected chi connectivity index (χ0v) is 22.1. The number of anilines is 3. The number of aryl methyl sites for hydroxylation is 1. The van der Waals surface area contributed by atoms with E-state index in [9.17, 15) is 18.0 Å². The van der Waals surface area contributed by atoms with Gasteiger partial charge in [-0.25, -0.2) is 14.8 Å². The van der Waals surface area contributed by atoms with E-state index in [-0.39, 0.29) is 13.0 Å². The molecular formula is C28H33F3N6O2. The van der Waals surface area contributed by atoms with Crippen molar-refractivity contribution in [3.8, 4) is 22.4 Å². The molecule has 1 aromatic carbocycles. The predicted molar refractivity (Wildman–Crippen MR) is 147 cm³/mol. The van der Waals surface area contributed by atoms with E-state index >= 15 is 0 Å². The van der Waals surface area contributed by atoms with Gasteiger partial charge in [0.05, 0.1) is 18.9 Å². The molecule has 3 N–H and O–H groups in total. The van der Waals surface area contributed by atoms with Crippen molar-refractivity contribution < 1.29 is 22.7 Å². The van der Waals surface area contributed by atoms with Crippen molar-refractivity contribution in [1.82, 2.24) is 14.9 Å². The molecule has 0 spiro atoms. The number of aromatic nitrogens is 2. The number of morpholine rings is 1. The van der Waals surface area contributed by atoms with Crippen LogP contribution in [0, 0.1) is 6.92 Å². The van der Waals surface area contributed by atoms with E-state index in [0.29, 0.717) is 19.0 Å². The third-order valence-electron chi connectivity index (χ3n) is 6.42. The average Bonchev–Trinajstić information content (AvgIpc) is 3.45. The molecule has 2 aliphatic heterocycles. The minimum absolute atomic E-state index is 0.0380. The number of nitrogens with one attached hydrogen (secondary N) is 1. The first-order valence-corrected chi connectivity index (χ1v) is 12.9. The molecule has 0 bridgehead atoms. The lowest BCUT2D eigenvalue weighted by Crippen LogP contribution is -2.36. The van der Waals surface area contributed by atoms with Crippen LogP contribution in [0.5, 0.6) is 0 Å². The van der Waals surface area contributed by atoms with Gasteiger partial charge < -0.3 is 25.6 Å². The Bertz CT molecular complexity index is 1280. The number of ether oxygens (including phenoxy) is 1. The first-order chi connectivity index (χ1) is 18.6. The first-order valence-electron chi connectivity index (χ1n) is 12.9. The van der Waals surface area contributed by atoms with Crippen molar-refractivity contribution >= 4 is 23.4 Å². The maximum Gasteiger partial charge on any atom is 0.386 e. The van der Waals surface area contributed by atoms with Crippen LogP contribution in [0.4, 0.5) is 35.3 Å². The standard InChI is InChI=1S/C26H30N6O2.C2H3F3/c1-18-4-5-21(29-26(33)32-8-2-3-9-32)17-22(18)20-14-23(19-6-7-28-24(27)15-19)30-25(16-20)31-10-12-34-13-11-31;1-2(3,4)5/h4-7,14-17H,2-3,8-13H2,1H3,(H2,27,28)(H,29,33);1H3. The maximum atomic E-state index is 12.6. The number of hydrogen-bond donors (Lipinski definition) is 2. The first kappa shape index (κ1) is 28.2. The van der Waals surface area contributed by atoms with Gasteiger partial charge in [0.25, 0.3) is 0 Å². The van der Waals surface area contributed by atoms with Crippen molar-refractivity contribution in [1.29, 1.82) is 0 Å². The monoisotopic (exact) mass is 542 g/mol. The molecule has 2 aliphatic rings. The van der Waals surface area contributed by atoms with Crippen LogP contribution in [-0.4, -0.2) is 66.5 Å². The van der Waals surface area contributed by atoms with Crippen LogP contribution in [0.1, 0.15) is 25.3 Å². The number of hydrogen-bond acceptors (Lipinski definition) is 6. The lowest BCUT2D eigenvalue weighted by Gasteiger charge is -2.28. The van der Waals surface area contributed by atoms with Gasteiger partial charge in [0.15, 0.2) is 0 Å². The summed E-state index contributed by atoms with van der Waals surface area (Å²) in [6.45, 7) is 6.85. The Morgan fingerprint density at radius 2 is 1.69 bits per heavy atom. The Kier molecular flexibility index (Phi) is 8.90. The van der Waals surface area contributed by atoms with Crippen LogP contribution in [0.3, 0.4) is 0 Å². The average molecular weight is 543 g/mol. The molecule has 0 aliphatic carbocycles. The van der Waals surface area contributed by atoms with E-state index in [1.54, 1.807) is 6.20 Å². The van der Waals surface area contributed by atoms with Crippen molar-refractivity contribution in [2.24, 2.45) is 0 Å². The number of nitrogen functional groups attached to an aromatic ring is 1. The van der Waals surface area contributed by atoms with Crippen molar-refractivity contribution in [2.45, 2.75) is 32.9 Å². The van der Waals surface area contributed by atoms with E-state index in [1.807, 2.05) is 35.2 Å². The molecule has 5 rings (SSSR count). The van der Waals surface area contributed by atoms with E-state index in [4.69, 9.17) is 15.5 Å². The molecule has 39 heavy (non-hydrogen) atoms. The highest BCUT2D eigenvalue weighted by atomic mass is 19.4. The van der Waals surface area contributed by atoms with Crippen LogP contribution >= 0.6 is 0 Å². The number of nitrogens with two attached hydrogens (primary N) is 1. The highest BCUT2D eigenvalue weighted by molar-refractivity contribution is 5.91. The summed E-state index contributed by atoms with van der Waals surface area (Å²) in [6, 6.07) is 14.0. The number of halogens is 3. The van der Waals surface area contributed by atoms with E-state index in [2.05, 4.69) is 34.3 Å². The smallest absolute Gasteiger partial charge is 0.384 e. The number of alkyl halides is 3. The van der Waals surface area contributed by atoms with Gasteiger partial charge in [-0.05, 0) is 72.9 Å². The quantitative estimate of drug-likeness (QED) is 0.437. The molecule has 2 amide bonds. The molecule has 208 valence electrons. The number of rotatable bonds is 4. The van der Waals surface area contributed by atoms with Gasteiger partial charge in [0.2, 0.25) is 0 Å². The Balaban J connectivity index is 0.000000648. The number of carbonyl (C=O) groups is 1. The van der Waals surface area contributed by atoms with Gasteiger partial charge in [-0.15, -0.1) is 0 Å². The summed E-state index contributed by atoms with van der Waals surface area (Å²) in [4.78, 5) is 25.8. The lowest BCUT2D eigenvalue weighted by atomic mass is 9.98. The number of likely N-dealkylation sites (tertiary alicyclic amines) is 1. The largest absolute Gasteiger partial charge is 0.386 e. The molecular weight excluding hydrogens is 509 g/mol. The summed E-state index contributed by atoms with van der Waals surface area (Å²) in [6.07, 6.45) is -0.167. The Hall–Kier alpha value is -3.86. The number of pyridine rings is 2. The second-order valence-corrected chi connectivity index (χ2v) is 9.60. The SMILES string of the molecule is CC(F)(F)F.Cc1ccc(NC(=O)N2CCCC2)cc1-c1cc(-c2ccnc(N)c2)nc(N2CCOCC2)c1. The Labute approximate surface area is 226 Å². The summed E-state index contributed by atoms with van der Waals surface area (Å²) in [5.74, 6) is 1.36. The molecule has 3 aromatic rings. The highest BCUT2D eigenvalue weighted by Crippen LogP contribution is 2.33. The lowest BCUT2D eigenvalue weighted by molar-refractivity contribution is -0.110. The zero-order valence-electron chi connectivity index (χ0n) is 22.1. The van der Waals surface area contributed by atoms with Crippen molar-refractivity contribution in [3.63, 3.8) is 0 Å². The van der Waals surface area contributed by atoms with E-state index in [1.165, 1.54) is 0 Å². The van der Waals surface area contributed by atoms with Gasteiger partial charge in [-0.3, -0.25) is 0 Å².